The van der Waals surface area contributed by atoms with Crippen LogP contribution in [0.1, 0.15) is 0 Å². The molecule has 66 valence electrons. The first kappa shape index (κ1) is 7.79. The molecule has 2 rings (SSSR count). The molecule has 0 atom stereocenters. The Hall–Kier alpha value is -1.84. The van der Waals surface area contributed by atoms with Gasteiger partial charge in [-0.15, -0.1) is 0 Å². The molecule has 13 heavy (non-hydrogen) atoms. The summed E-state index contributed by atoms with van der Waals surface area (Å²) in [6.45, 7) is -0.0342. The number of carbonyl (C=O) groups is 1. The Kier molecular flexibility index (Phi) is 1.73. The molecule has 4 heteroatoms. The van der Waals surface area contributed by atoms with Crippen molar-refractivity contribution in [2.75, 3.05) is 0 Å². The fourth-order valence-corrected chi connectivity index (χ4v) is 1.21. The molecule has 0 aliphatic heterocycles. The first-order valence-electron chi connectivity index (χ1n) is 3.85. The Morgan fingerprint density at radius 1 is 1.38 bits per heavy atom. The lowest BCUT2D eigenvalue weighted by atomic mass is 10.3. The van der Waals surface area contributed by atoms with Crippen LogP contribution in [0, 0.1) is 0 Å². The van der Waals surface area contributed by atoms with E-state index < -0.39 is 0 Å². The van der Waals surface area contributed by atoms with Gasteiger partial charge in [0, 0.05) is 0 Å². The summed E-state index contributed by atoms with van der Waals surface area (Å²) in [6.07, 6.45) is 0.629. The third-order valence-corrected chi connectivity index (χ3v) is 1.79. The summed E-state index contributed by atoms with van der Waals surface area (Å²) in [4.78, 5) is 21.6. The molecule has 4 nitrogen and oxygen atoms in total. The first-order valence-corrected chi connectivity index (χ1v) is 3.85. The largest absolute Gasteiger partial charge is 0.375 e. The van der Waals surface area contributed by atoms with Crippen molar-refractivity contribution in [1.82, 2.24) is 4.74 Å². The van der Waals surface area contributed by atoms with E-state index in [4.69, 9.17) is 4.52 Å². The molecule has 1 aromatic carbocycles. The third kappa shape index (κ3) is 1.16. The number of rotatable bonds is 2. The molecule has 0 radical (unpaired) electrons. The lowest BCUT2D eigenvalue weighted by molar-refractivity contribution is -0.109. The van der Waals surface area contributed by atoms with Crippen molar-refractivity contribution in [2.45, 2.75) is 6.54 Å². The molecule has 0 aliphatic rings. The van der Waals surface area contributed by atoms with Gasteiger partial charge in [-0.3, -0.25) is 4.79 Å². The highest BCUT2D eigenvalue weighted by atomic mass is 16.5. The fraction of sp³-hybridized carbons (Fsp3) is 0.111. The van der Waals surface area contributed by atoms with Crippen LogP contribution in [0.5, 0.6) is 0 Å². The normalized spacial score (nSPS) is 10.5. The monoisotopic (exact) mass is 177 g/mol. The molecule has 0 saturated heterocycles. The van der Waals surface area contributed by atoms with Gasteiger partial charge in [-0.05, 0) is 12.1 Å². The highest BCUT2D eigenvalue weighted by Gasteiger charge is 2.06. The zero-order valence-electron chi connectivity index (χ0n) is 6.77. The number of carbonyl (C=O) groups excluding carboxylic acids is 1. The van der Waals surface area contributed by atoms with Crippen molar-refractivity contribution in [1.29, 1.82) is 0 Å². The van der Waals surface area contributed by atoms with E-state index in [0.29, 0.717) is 17.3 Å². The second-order valence-electron chi connectivity index (χ2n) is 2.62. The predicted molar refractivity (Wildman–Crippen MR) is 46.5 cm³/mol. The Labute approximate surface area is 73.3 Å². The van der Waals surface area contributed by atoms with E-state index in [1.165, 1.54) is 0 Å². The Morgan fingerprint density at radius 2 is 2.15 bits per heavy atom. The maximum absolute atomic E-state index is 11.4. The van der Waals surface area contributed by atoms with Crippen LogP contribution < -0.4 is 5.56 Å². The van der Waals surface area contributed by atoms with Crippen molar-refractivity contribution >= 4 is 17.3 Å². The molecule has 1 heterocycles. The number of aromatic nitrogens is 1. The molecular formula is C9H7NO3. The lowest BCUT2D eigenvalue weighted by Crippen LogP contribution is -2.14. The molecule has 0 unspecified atom stereocenters. The summed E-state index contributed by atoms with van der Waals surface area (Å²) in [5, 5.41) is 0.504. The van der Waals surface area contributed by atoms with Crippen molar-refractivity contribution < 1.29 is 9.32 Å². The van der Waals surface area contributed by atoms with Crippen molar-refractivity contribution in [3.63, 3.8) is 0 Å². The zero-order chi connectivity index (χ0) is 9.26. The van der Waals surface area contributed by atoms with E-state index in [1.807, 2.05) is 0 Å². The van der Waals surface area contributed by atoms with Crippen molar-refractivity contribution in [3.8, 4) is 0 Å². The van der Waals surface area contributed by atoms with Crippen LogP contribution in [0.2, 0.25) is 0 Å². The smallest absolute Gasteiger partial charge is 0.290 e. The molecule has 0 bridgehead atoms. The molecule has 0 fully saturated rings. The quantitative estimate of drug-likeness (QED) is 0.637. The molecule has 0 spiro atoms. The van der Waals surface area contributed by atoms with Crippen LogP contribution >= 0.6 is 0 Å². The predicted octanol–water partition coefficient (Wildman–Crippen LogP) is 0.793. The summed E-state index contributed by atoms with van der Waals surface area (Å²) in [7, 11) is 0. The fourth-order valence-electron chi connectivity index (χ4n) is 1.21. The summed E-state index contributed by atoms with van der Waals surface area (Å²) < 4.78 is 6.15. The molecule has 0 N–H and O–H groups in total. The number of nitrogens with zero attached hydrogens (tertiary/aromatic N) is 1. The Morgan fingerprint density at radius 3 is 2.85 bits per heavy atom. The van der Waals surface area contributed by atoms with E-state index in [0.717, 1.165) is 4.74 Å². The van der Waals surface area contributed by atoms with Crippen molar-refractivity contribution in [3.05, 3.63) is 34.6 Å². The first-order chi connectivity index (χ1) is 6.33. The van der Waals surface area contributed by atoms with Crippen LogP contribution in [-0.4, -0.2) is 11.0 Å². The molecule has 2 aromatic rings. The number of hydrogen-bond acceptors (Lipinski definition) is 3. The van der Waals surface area contributed by atoms with Crippen LogP contribution in [0.4, 0.5) is 0 Å². The summed E-state index contributed by atoms with van der Waals surface area (Å²) in [5.41, 5.74) is 0.247. The van der Waals surface area contributed by atoms with Crippen molar-refractivity contribution in [2.24, 2.45) is 0 Å². The van der Waals surface area contributed by atoms with E-state index in [9.17, 15) is 9.59 Å². The number of hydrogen-bond donors (Lipinski definition) is 0. The average Bonchev–Trinajstić information content (AvgIpc) is 2.46. The minimum absolute atomic E-state index is 0.0342. The molecule has 1 aromatic heterocycles. The van der Waals surface area contributed by atoms with E-state index >= 15 is 0 Å². The van der Waals surface area contributed by atoms with Gasteiger partial charge in [-0.25, -0.2) is 0 Å². The van der Waals surface area contributed by atoms with Crippen LogP contribution in [0.25, 0.3) is 11.0 Å². The van der Waals surface area contributed by atoms with E-state index in [-0.39, 0.29) is 12.1 Å². The standard InChI is InChI=1S/C9H7NO3/c11-6-5-10-9(12)7-3-1-2-4-8(7)13-10/h1-4,6H,5H2. The van der Waals surface area contributed by atoms with Crippen LogP contribution in [-0.2, 0) is 11.3 Å². The minimum atomic E-state index is -0.261. The third-order valence-electron chi connectivity index (χ3n) is 1.79. The summed E-state index contributed by atoms with van der Waals surface area (Å²) >= 11 is 0. The van der Waals surface area contributed by atoms with Gasteiger partial charge in [-0.2, -0.15) is 4.74 Å². The van der Waals surface area contributed by atoms with E-state index in [1.54, 1.807) is 24.3 Å². The number of aldehydes is 1. The lowest BCUT2D eigenvalue weighted by Gasteiger charge is -1.87. The summed E-state index contributed by atoms with van der Waals surface area (Å²) in [6, 6.07) is 6.89. The van der Waals surface area contributed by atoms with Crippen LogP contribution in [0.3, 0.4) is 0 Å². The van der Waals surface area contributed by atoms with Gasteiger partial charge in [0.05, 0.1) is 5.39 Å². The highest BCUT2D eigenvalue weighted by molar-refractivity contribution is 5.75. The maximum Gasteiger partial charge on any atom is 0.290 e. The molecular weight excluding hydrogens is 170 g/mol. The molecule has 0 amide bonds. The molecule has 0 aliphatic carbocycles. The van der Waals surface area contributed by atoms with Gasteiger partial charge in [0.25, 0.3) is 5.56 Å². The minimum Gasteiger partial charge on any atom is -0.375 e. The topological polar surface area (TPSA) is 52.2 Å². The van der Waals surface area contributed by atoms with Gasteiger partial charge in [0.1, 0.15) is 12.8 Å². The van der Waals surface area contributed by atoms with Gasteiger partial charge in [0.2, 0.25) is 0 Å². The van der Waals surface area contributed by atoms with Gasteiger partial charge in [0.15, 0.2) is 5.58 Å². The average molecular weight is 177 g/mol. The number of benzene rings is 1. The van der Waals surface area contributed by atoms with Gasteiger partial charge in [-0.1, -0.05) is 12.1 Å². The zero-order valence-corrected chi connectivity index (χ0v) is 6.77. The maximum atomic E-state index is 11.4. The highest BCUT2D eigenvalue weighted by Crippen LogP contribution is 2.08. The van der Waals surface area contributed by atoms with Gasteiger partial charge >= 0.3 is 0 Å². The SMILES string of the molecule is O=CCn1oc2ccccc2c1=O. The second-order valence-corrected chi connectivity index (χ2v) is 2.62. The van der Waals surface area contributed by atoms with Gasteiger partial charge < -0.3 is 9.32 Å². The van der Waals surface area contributed by atoms with Crippen LogP contribution in [0.15, 0.2) is 33.6 Å². The Balaban J connectivity index is 2.74. The second kappa shape index (κ2) is 2.90. The van der Waals surface area contributed by atoms with E-state index in [2.05, 4.69) is 0 Å². The molecule has 0 saturated carbocycles. The number of fused-ring (bicyclic) bond motifs is 1. The number of para-hydroxylation sites is 1. The Bertz CT molecular complexity index is 495. The summed E-state index contributed by atoms with van der Waals surface area (Å²) in [5.74, 6) is 0.